The van der Waals surface area contributed by atoms with E-state index < -0.39 is 15.9 Å². The number of sulfonamides is 1. The summed E-state index contributed by atoms with van der Waals surface area (Å²) < 4.78 is 27.4. The number of nitrogens with two attached hydrogens (primary N) is 1. The van der Waals surface area contributed by atoms with Crippen LogP contribution in [0.1, 0.15) is 23.2 Å². The molecule has 0 aliphatic rings. The molecule has 1 heterocycles. The fraction of sp³-hybridized carbons (Fsp3) is 0.500. The van der Waals surface area contributed by atoms with Gasteiger partial charge >= 0.3 is 0 Å². The number of hydrogen-bond donors (Lipinski definition) is 3. The van der Waals surface area contributed by atoms with E-state index in [0.717, 1.165) is 12.6 Å². The highest BCUT2D eigenvalue weighted by Gasteiger charge is 2.20. The molecular weight excluding hydrogens is 294 g/mol. The van der Waals surface area contributed by atoms with Crippen LogP contribution < -0.4 is 15.8 Å². The van der Waals surface area contributed by atoms with Gasteiger partial charge in [-0.1, -0.05) is 6.92 Å². The average Bonchev–Trinajstić information content (AvgIpc) is 2.66. The van der Waals surface area contributed by atoms with E-state index >= 15 is 0 Å². The second-order valence-electron chi connectivity index (χ2n) is 3.69. The number of primary sulfonamides is 1. The highest BCUT2D eigenvalue weighted by atomic mass is 35.5. The molecule has 1 aromatic rings. The predicted octanol–water partition coefficient (Wildman–Crippen LogP) is -0.00348. The van der Waals surface area contributed by atoms with Crippen molar-refractivity contribution in [1.82, 2.24) is 10.6 Å². The van der Waals surface area contributed by atoms with Gasteiger partial charge in [0.15, 0.2) is 5.76 Å². The van der Waals surface area contributed by atoms with Gasteiger partial charge in [-0.3, -0.25) is 4.79 Å². The van der Waals surface area contributed by atoms with Crippen LogP contribution in [0.25, 0.3) is 0 Å². The van der Waals surface area contributed by atoms with Crippen molar-refractivity contribution in [3.63, 3.8) is 0 Å². The summed E-state index contributed by atoms with van der Waals surface area (Å²) in [5.74, 6) is -0.423. The molecule has 1 amide bonds. The Balaban J connectivity index is 0.00000324. The number of aryl methyl sites for hydroxylation is 1. The van der Waals surface area contributed by atoms with Crippen molar-refractivity contribution in [3.8, 4) is 0 Å². The zero-order chi connectivity index (χ0) is 13.8. The number of carbonyl (C=O) groups is 1. The Labute approximate surface area is 118 Å². The Bertz CT molecular complexity index is 527. The SMILES string of the molecule is CCNCCNC(=O)c1cc(S(N)(=O)=O)c(C)o1.Cl. The number of amides is 1. The number of halogens is 1. The highest BCUT2D eigenvalue weighted by molar-refractivity contribution is 7.89. The van der Waals surface area contributed by atoms with Crippen molar-refractivity contribution in [1.29, 1.82) is 0 Å². The molecule has 0 aliphatic heterocycles. The maximum atomic E-state index is 11.6. The summed E-state index contributed by atoms with van der Waals surface area (Å²) in [4.78, 5) is 11.5. The standard InChI is InChI=1S/C10H17N3O4S.ClH/c1-3-12-4-5-13-10(14)8-6-9(7(2)17-8)18(11,15)16;/h6,12H,3-5H2,1-2H3,(H,13,14)(H2,11,15,16);1H. The van der Waals surface area contributed by atoms with E-state index in [1.165, 1.54) is 6.92 Å². The van der Waals surface area contributed by atoms with Crippen molar-refractivity contribution in [3.05, 3.63) is 17.6 Å². The van der Waals surface area contributed by atoms with Gasteiger partial charge in [0, 0.05) is 19.2 Å². The van der Waals surface area contributed by atoms with E-state index in [1.54, 1.807) is 0 Å². The van der Waals surface area contributed by atoms with E-state index in [-0.39, 0.29) is 28.8 Å². The third-order valence-corrected chi connectivity index (χ3v) is 3.26. The molecule has 0 bridgehead atoms. The van der Waals surface area contributed by atoms with Gasteiger partial charge in [0.1, 0.15) is 10.7 Å². The molecule has 0 spiro atoms. The van der Waals surface area contributed by atoms with Crippen LogP contribution >= 0.6 is 12.4 Å². The largest absolute Gasteiger partial charge is 0.455 e. The summed E-state index contributed by atoms with van der Waals surface area (Å²) in [6.45, 7) is 5.26. The van der Waals surface area contributed by atoms with Crippen LogP contribution in [-0.4, -0.2) is 34.0 Å². The molecular formula is C10H18ClN3O4S. The van der Waals surface area contributed by atoms with E-state index in [4.69, 9.17) is 9.56 Å². The second kappa shape index (κ2) is 7.49. The highest BCUT2D eigenvalue weighted by Crippen LogP contribution is 2.18. The van der Waals surface area contributed by atoms with Crippen molar-refractivity contribution in [2.24, 2.45) is 5.14 Å². The molecule has 7 nitrogen and oxygen atoms in total. The number of furan rings is 1. The van der Waals surface area contributed by atoms with Gasteiger partial charge in [-0.05, 0) is 13.5 Å². The topological polar surface area (TPSA) is 114 Å². The van der Waals surface area contributed by atoms with Gasteiger partial charge in [0.25, 0.3) is 5.91 Å². The Hall–Kier alpha value is -1.09. The first-order valence-corrected chi connectivity index (χ1v) is 7.03. The summed E-state index contributed by atoms with van der Waals surface area (Å²) in [5, 5.41) is 10.6. The molecule has 0 radical (unpaired) electrons. The molecule has 1 aromatic heterocycles. The lowest BCUT2D eigenvalue weighted by atomic mass is 10.4. The van der Waals surface area contributed by atoms with Crippen LogP contribution in [0.2, 0.25) is 0 Å². The lowest BCUT2D eigenvalue weighted by Gasteiger charge is -2.02. The van der Waals surface area contributed by atoms with E-state index in [9.17, 15) is 13.2 Å². The van der Waals surface area contributed by atoms with Crippen LogP contribution in [0.15, 0.2) is 15.4 Å². The molecule has 1 rings (SSSR count). The molecule has 0 saturated heterocycles. The molecule has 110 valence electrons. The fourth-order valence-corrected chi connectivity index (χ4v) is 2.10. The van der Waals surface area contributed by atoms with Crippen LogP contribution in [-0.2, 0) is 10.0 Å². The van der Waals surface area contributed by atoms with Gasteiger partial charge in [-0.2, -0.15) is 0 Å². The Morgan fingerprint density at radius 2 is 2.05 bits per heavy atom. The van der Waals surface area contributed by atoms with E-state index in [2.05, 4.69) is 10.6 Å². The maximum Gasteiger partial charge on any atom is 0.287 e. The number of carbonyl (C=O) groups excluding carboxylic acids is 1. The summed E-state index contributed by atoms with van der Waals surface area (Å²) in [6.07, 6.45) is 0. The number of rotatable bonds is 6. The quantitative estimate of drug-likeness (QED) is 0.640. The molecule has 0 aromatic carbocycles. The third kappa shape index (κ3) is 5.19. The Morgan fingerprint density at radius 3 is 2.53 bits per heavy atom. The maximum absolute atomic E-state index is 11.6. The minimum Gasteiger partial charge on any atom is -0.455 e. The van der Waals surface area contributed by atoms with Crippen molar-refractivity contribution >= 4 is 28.3 Å². The van der Waals surface area contributed by atoms with Gasteiger partial charge in [0.05, 0.1) is 0 Å². The van der Waals surface area contributed by atoms with Crippen molar-refractivity contribution in [2.45, 2.75) is 18.7 Å². The fourth-order valence-electron chi connectivity index (χ4n) is 1.39. The first-order valence-electron chi connectivity index (χ1n) is 5.48. The number of likely N-dealkylation sites (N-methyl/N-ethyl adjacent to an activating group) is 1. The van der Waals surface area contributed by atoms with Crippen molar-refractivity contribution < 1.29 is 17.6 Å². The van der Waals surface area contributed by atoms with Gasteiger partial charge in [-0.25, -0.2) is 13.6 Å². The lowest BCUT2D eigenvalue weighted by molar-refractivity contribution is 0.0925. The number of hydrogen-bond acceptors (Lipinski definition) is 5. The first-order chi connectivity index (χ1) is 8.36. The summed E-state index contributed by atoms with van der Waals surface area (Å²) in [5.41, 5.74) is 0. The second-order valence-corrected chi connectivity index (χ2v) is 5.22. The molecule has 0 atom stereocenters. The van der Waals surface area contributed by atoms with E-state index in [0.29, 0.717) is 13.1 Å². The molecule has 0 aliphatic carbocycles. The van der Waals surface area contributed by atoms with Gasteiger partial charge < -0.3 is 15.1 Å². The molecule has 0 saturated carbocycles. The summed E-state index contributed by atoms with van der Waals surface area (Å²) in [6, 6.07) is 1.13. The zero-order valence-electron chi connectivity index (χ0n) is 10.7. The average molecular weight is 312 g/mol. The summed E-state index contributed by atoms with van der Waals surface area (Å²) >= 11 is 0. The zero-order valence-corrected chi connectivity index (χ0v) is 12.4. The molecule has 4 N–H and O–H groups in total. The Kier molecular flexibility index (Phi) is 7.06. The van der Waals surface area contributed by atoms with Gasteiger partial charge in [0.2, 0.25) is 10.0 Å². The van der Waals surface area contributed by atoms with Crippen LogP contribution in [0.3, 0.4) is 0 Å². The van der Waals surface area contributed by atoms with Crippen LogP contribution in [0.5, 0.6) is 0 Å². The van der Waals surface area contributed by atoms with E-state index in [1.807, 2.05) is 6.92 Å². The van der Waals surface area contributed by atoms with Gasteiger partial charge in [-0.15, -0.1) is 12.4 Å². The molecule has 9 heteroatoms. The minimum atomic E-state index is -3.86. The van der Waals surface area contributed by atoms with Crippen molar-refractivity contribution in [2.75, 3.05) is 19.6 Å². The Morgan fingerprint density at radius 1 is 1.42 bits per heavy atom. The first kappa shape index (κ1) is 17.9. The number of nitrogens with one attached hydrogen (secondary N) is 2. The monoisotopic (exact) mass is 311 g/mol. The third-order valence-electron chi connectivity index (χ3n) is 2.24. The molecule has 0 unspecified atom stereocenters. The molecule has 19 heavy (non-hydrogen) atoms. The lowest BCUT2D eigenvalue weighted by Crippen LogP contribution is -2.31. The summed E-state index contributed by atoms with van der Waals surface area (Å²) in [7, 11) is -3.86. The van der Waals surface area contributed by atoms with Crippen LogP contribution in [0.4, 0.5) is 0 Å². The minimum absolute atomic E-state index is 0. The smallest absolute Gasteiger partial charge is 0.287 e. The van der Waals surface area contributed by atoms with Crippen LogP contribution in [0, 0.1) is 6.92 Å². The molecule has 0 fully saturated rings. The predicted molar refractivity (Wildman–Crippen MR) is 72.9 cm³/mol. The normalized spacial score (nSPS) is 10.9.